The molecular formula is C16H12Cl2N4O3S. The molecule has 2 N–H and O–H groups in total. The molecule has 0 saturated heterocycles. The average molecular weight is 411 g/mol. The van der Waals surface area contributed by atoms with Gasteiger partial charge in [-0.1, -0.05) is 29.8 Å². The van der Waals surface area contributed by atoms with E-state index in [-0.39, 0.29) is 21.4 Å². The molecule has 10 heteroatoms. The van der Waals surface area contributed by atoms with Crippen LogP contribution in [0.3, 0.4) is 0 Å². The molecule has 0 atom stereocenters. The van der Waals surface area contributed by atoms with Crippen LogP contribution in [0.5, 0.6) is 0 Å². The summed E-state index contributed by atoms with van der Waals surface area (Å²) in [6.45, 7) is 1.92. The smallest absolute Gasteiger partial charge is 0.295 e. The summed E-state index contributed by atoms with van der Waals surface area (Å²) in [5.41, 5.74) is 2.44. The average Bonchev–Trinajstić information content (AvgIpc) is 2.53. The van der Waals surface area contributed by atoms with Crippen molar-refractivity contribution in [3.05, 3.63) is 58.6 Å². The molecule has 0 spiro atoms. The standard InChI is InChI=1S/C16H12Cl2N4O3S/c1-9-2-4-10(5-3-9)12-8-11(6-7-13(12)26(23,24)25)19-16-21-14(17)20-15(18)22-16/h2-8H,1H3,(H,23,24,25)(H,19,20,21,22). The summed E-state index contributed by atoms with van der Waals surface area (Å²) in [5.74, 6) is 0.101. The third kappa shape index (κ3) is 4.28. The summed E-state index contributed by atoms with van der Waals surface area (Å²) in [5, 5.41) is 2.71. The highest BCUT2D eigenvalue weighted by Gasteiger charge is 2.17. The normalized spacial score (nSPS) is 11.4. The Kier molecular flexibility index (Phi) is 5.10. The highest BCUT2D eigenvalue weighted by Crippen LogP contribution is 2.31. The Labute approximate surface area is 159 Å². The molecule has 0 amide bonds. The van der Waals surface area contributed by atoms with E-state index in [1.165, 1.54) is 12.1 Å². The first-order valence-corrected chi connectivity index (χ1v) is 9.45. The van der Waals surface area contributed by atoms with Gasteiger partial charge in [0.1, 0.15) is 4.90 Å². The maximum absolute atomic E-state index is 11.7. The molecule has 1 heterocycles. The number of hydrogen-bond acceptors (Lipinski definition) is 6. The molecule has 0 bridgehead atoms. The molecular weight excluding hydrogens is 399 g/mol. The van der Waals surface area contributed by atoms with E-state index in [9.17, 15) is 13.0 Å². The lowest BCUT2D eigenvalue weighted by Gasteiger charge is -2.11. The van der Waals surface area contributed by atoms with Gasteiger partial charge in [-0.05, 0) is 53.9 Å². The van der Waals surface area contributed by atoms with Crippen molar-refractivity contribution in [2.24, 2.45) is 0 Å². The van der Waals surface area contributed by atoms with Crippen LogP contribution in [0.2, 0.25) is 10.6 Å². The highest BCUT2D eigenvalue weighted by atomic mass is 35.5. The fourth-order valence-corrected chi connectivity index (χ4v) is 3.36. The molecule has 3 rings (SSSR count). The fraction of sp³-hybridized carbons (Fsp3) is 0.0625. The third-order valence-electron chi connectivity index (χ3n) is 3.46. The Bertz CT molecular complexity index is 1050. The number of aryl methyl sites for hydroxylation is 1. The van der Waals surface area contributed by atoms with E-state index in [1.54, 1.807) is 18.2 Å². The number of benzene rings is 2. The topological polar surface area (TPSA) is 105 Å². The van der Waals surface area contributed by atoms with Crippen molar-refractivity contribution < 1.29 is 13.0 Å². The second-order valence-corrected chi connectivity index (χ2v) is 7.44. The summed E-state index contributed by atoms with van der Waals surface area (Å²) in [6, 6.07) is 11.5. The van der Waals surface area contributed by atoms with Crippen molar-refractivity contribution in [3.8, 4) is 11.1 Å². The number of halogens is 2. The molecule has 0 unspecified atom stereocenters. The van der Waals surface area contributed by atoms with Crippen LogP contribution in [-0.2, 0) is 10.1 Å². The zero-order valence-corrected chi connectivity index (χ0v) is 15.6. The molecule has 2 aromatic carbocycles. The molecule has 3 aromatic rings. The lowest BCUT2D eigenvalue weighted by molar-refractivity contribution is 0.483. The SMILES string of the molecule is Cc1ccc(-c2cc(Nc3nc(Cl)nc(Cl)n3)ccc2S(=O)(=O)O)cc1. The zero-order chi connectivity index (χ0) is 18.9. The molecule has 7 nitrogen and oxygen atoms in total. The van der Waals surface area contributed by atoms with Crippen LogP contribution < -0.4 is 5.32 Å². The molecule has 26 heavy (non-hydrogen) atoms. The van der Waals surface area contributed by atoms with Crippen LogP contribution in [0.15, 0.2) is 47.4 Å². The van der Waals surface area contributed by atoms with Gasteiger partial charge in [-0.2, -0.15) is 23.4 Å². The number of hydrogen-bond donors (Lipinski definition) is 2. The third-order valence-corrected chi connectivity index (χ3v) is 4.71. The van der Waals surface area contributed by atoms with Crippen molar-refractivity contribution in [3.63, 3.8) is 0 Å². The summed E-state index contributed by atoms with van der Waals surface area (Å²) in [4.78, 5) is 11.2. The summed E-state index contributed by atoms with van der Waals surface area (Å²) < 4.78 is 33.0. The summed E-state index contributed by atoms with van der Waals surface area (Å²) >= 11 is 11.5. The van der Waals surface area contributed by atoms with Crippen LogP contribution in [0, 0.1) is 6.92 Å². The zero-order valence-electron chi connectivity index (χ0n) is 13.3. The minimum absolute atomic E-state index is 0.0826. The number of rotatable bonds is 4. The van der Waals surface area contributed by atoms with E-state index < -0.39 is 10.1 Å². The maximum atomic E-state index is 11.7. The maximum Gasteiger partial charge on any atom is 0.295 e. The lowest BCUT2D eigenvalue weighted by Crippen LogP contribution is -2.03. The predicted octanol–water partition coefficient (Wildman–Crippen LogP) is 4.14. The predicted molar refractivity (Wildman–Crippen MR) is 99.6 cm³/mol. The molecule has 0 aliphatic carbocycles. The summed E-state index contributed by atoms with van der Waals surface area (Å²) in [7, 11) is -4.41. The monoisotopic (exact) mass is 410 g/mol. The van der Waals surface area contributed by atoms with Crippen molar-refractivity contribution in [1.29, 1.82) is 0 Å². The van der Waals surface area contributed by atoms with Gasteiger partial charge in [-0.15, -0.1) is 0 Å². The second kappa shape index (κ2) is 7.16. The minimum atomic E-state index is -4.41. The first-order chi connectivity index (χ1) is 12.2. The van der Waals surface area contributed by atoms with Gasteiger partial charge in [0, 0.05) is 11.3 Å². The first-order valence-electron chi connectivity index (χ1n) is 7.25. The van der Waals surface area contributed by atoms with E-state index in [1.807, 2.05) is 19.1 Å². The van der Waals surface area contributed by atoms with E-state index in [4.69, 9.17) is 23.2 Å². The van der Waals surface area contributed by atoms with Crippen molar-refractivity contribution >= 4 is 45.0 Å². The quantitative estimate of drug-likeness (QED) is 0.622. The Morgan fingerprint density at radius 1 is 0.962 bits per heavy atom. The van der Waals surface area contributed by atoms with Crippen molar-refractivity contribution in [1.82, 2.24) is 15.0 Å². The molecule has 0 aliphatic rings. The minimum Gasteiger partial charge on any atom is -0.324 e. The Morgan fingerprint density at radius 3 is 2.15 bits per heavy atom. The van der Waals surface area contributed by atoms with E-state index in [2.05, 4.69) is 20.3 Å². The Hall–Kier alpha value is -2.26. The molecule has 0 aliphatic heterocycles. The lowest BCUT2D eigenvalue weighted by atomic mass is 10.0. The highest BCUT2D eigenvalue weighted by molar-refractivity contribution is 7.86. The molecule has 0 fully saturated rings. The molecule has 134 valence electrons. The molecule has 0 saturated carbocycles. The van der Waals surface area contributed by atoms with Gasteiger partial charge >= 0.3 is 0 Å². The van der Waals surface area contributed by atoms with Gasteiger partial charge in [0.25, 0.3) is 10.1 Å². The van der Waals surface area contributed by atoms with E-state index >= 15 is 0 Å². The molecule has 0 radical (unpaired) electrons. The van der Waals surface area contributed by atoms with Crippen LogP contribution >= 0.6 is 23.2 Å². The first kappa shape index (κ1) is 18.5. The van der Waals surface area contributed by atoms with Crippen LogP contribution in [0.1, 0.15) is 5.56 Å². The fourth-order valence-electron chi connectivity index (χ4n) is 2.30. The van der Waals surface area contributed by atoms with Crippen LogP contribution in [0.25, 0.3) is 11.1 Å². The van der Waals surface area contributed by atoms with E-state index in [0.717, 1.165) is 5.56 Å². The Morgan fingerprint density at radius 2 is 1.58 bits per heavy atom. The van der Waals surface area contributed by atoms with E-state index in [0.29, 0.717) is 16.8 Å². The van der Waals surface area contributed by atoms with Gasteiger partial charge in [-0.25, -0.2) is 0 Å². The number of nitrogens with one attached hydrogen (secondary N) is 1. The van der Waals surface area contributed by atoms with Crippen molar-refractivity contribution in [2.75, 3.05) is 5.32 Å². The van der Waals surface area contributed by atoms with Gasteiger partial charge in [0.2, 0.25) is 16.5 Å². The largest absolute Gasteiger partial charge is 0.324 e. The van der Waals surface area contributed by atoms with Gasteiger partial charge in [-0.3, -0.25) is 4.55 Å². The molecule has 1 aromatic heterocycles. The number of aromatic nitrogens is 3. The van der Waals surface area contributed by atoms with Gasteiger partial charge in [0.15, 0.2) is 0 Å². The van der Waals surface area contributed by atoms with Crippen LogP contribution in [0.4, 0.5) is 11.6 Å². The van der Waals surface area contributed by atoms with Gasteiger partial charge < -0.3 is 5.32 Å². The summed E-state index contributed by atoms with van der Waals surface area (Å²) in [6.07, 6.45) is 0. The number of nitrogens with zero attached hydrogens (tertiary/aromatic N) is 3. The van der Waals surface area contributed by atoms with Crippen molar-refractivity contribution in [2.45, 2.75) is 11.8 Å². The van der Waals surface area contributed by atoms with Crippen LogP contribution in [-0.4, -0.2) is 27.9 Å². The van der Waals surface area contributed by atoms with Gasteiger partial charge in [0.05, 0.1) is 0 Å². The number of anilines is 2. The Balaban J connectivity index is 2.08. The second-order valence-electron chi connectivity index (χ2n) is 5.37.